The highest BCUT2D eigenvalue weighted by Gasteiger charge is 2.26. The van der Waals surface area contributed by atoms with Crippen molar-refractivity contribution in [3.05, 3.63) is 47.9 Å². The highest BCUT2D eigenvalue weighted by Crippen LogP contribution is 2.27. The lowest BCUT2D eigenvalue weighted by Gasteiger charge is -2.17. The Morgan fingerprint density at radius 2 is 2.03 bits per heavy atom. The van der Waals surface area contributed by atoms with E-state index in [4.69, 9.17) is 9.15 Å². The number of hydrogen-bond donors (Lipinski definition) is 2. The quantitative estimate of drug-likeness (QED) is 0.649. The number of ether oxygens (including phenoxy) is 1. The summed E-state index contributed by atoms with van der Waals surface area (Å²) < 4.78 is 39.0. The van der Waals surface area contributed by atoms with Crippen molar-refractivity contribution in [2.75, 3.05) is 7.11 Å². The smallest absolute Gasteiger partial charge is 0.251 e. The summed E-state index contributed by atoms with van der Waals surface area (Å²) in [6.07, 6.45) is 6.73. The molecule has 0 spiro atoms. The van der Waals surface area contributed by atoms with E-state index < -0.39 is 10.0 Å². The number of hydrogen-bond acceptors (Lipinski definition) is 5. The summed E-state index contributed by atoms with van der Waals surface area (Å²) in [6, 6.07) is 8.04. The Bertz CT molecular complexity index is 919. The predicted octanol–water partition coefficient (Wildman–Crippen LogP) is 3.26. The first-order chi connectivity index (χ1) is 13.9. The van der Waals surface area contributed by atoms with Gasteiger partial charge in [-0.3, -0.25) is 4.79 Å². The lowest BCUT2D eigenvalue weighted by Crippen LogP contribution is -2.34. The molecule has 8 heteroatoms. The third-order valence-corrected chi connectivity index (χ3v) is 6.72. The minimum atomic E-state index is -3.78. The summed E-state index contributed by atoms with van der Waals surface area (Å²) in [5.74, 6) is 0.761. The van der Waals surface area contributed by atoms with Crippen LogP contribution < -0.4 is 14.8 Å². The molecule has 3 rings (SSSR count). The Morgan fingerprint density at radius 1 is 1.28 bits per heavy atom. The molecule has 1 aliphatic carbocycles. The second-order valence-corrected chi connectivity index (χ2v) is 9.14. The maximum Gasteiger partial charge on any atom is 0.251 e. The van der Waals surface area contributed by atoms with Crippen molar-refractivity contribution in [1.29, 1.82) is 0 Å². The molecule has 1 aromatic heterocycles. The molecular weight excluding hydrogens is 392 g/mol. The molecule has 0 saturated heterocycles. The van der Waals surface area contributed by atoms with E-state index in [9.17, 15) is 13.2 Å². The van der Waals surface area contributed by atoms with Gasteiger partial charge in [0.2, 0.25) is 10.0 Å². The van der Waals surface area contributed by atoms with Crippen LogP contribution in [0.15, 0.2) is 45.9 Å². The highest BCUT2D eigenvalue weighted by molar-refractivity contribution is 7.89. The molecule has 1 aliphatic rings. The SMILES string of the molecule is COc1ccc(C(=O)N[C@@H](C)CCc2ccco2)cc1S(=O)(=O)NC1CCCC1. The van der Waals surface area contributed by atoms with Crippen LogP contribution in [0.5, 0.6) is 5.75 Å². The van der Waals surface area contributed by atoms with E-state index >= 15 is 0 Å². The minimum absolute atomic E-state index is 0.0113. The molecule has 0 bridgehead atoms. The summed E-state index contributed by atoms with van der Waals surface area (Å²) in [5, 5.41) is 2.91. The molecule has 158 valence electrons. The molecule has 0 radical (unpaired) electrons. The van der Waals surface area contributed by atoms with Crippen molar-refractivity contribution in [1.82, 2.24) is 10.0 Å². The van der Waals surface area contributed by atoms with Gasteiger partial charge in [-0.2, -0.15) is 0 Å². The van der Waals surface area contributed by atoms with E-state index in [0.717, 1.165) is 31.4 Å². The normalized spacial score (nSPS) is 15.9. The maximum absolute atomic E-state index is 12.9. The Hall–Kier alpha value is -2.32. The van der Waals surface area contributed by atoms with E-state index in [2.05, 4.69) is 10.0 Å². The van der Waals surface area contributed by atoms with E-state index in [1.54, 1.807) is 12.3 Å². The van der Waals surface area contributed by atoms with Gasteiger partial charge >= 0.3 is 0 Å². The molecule has 2 N–H and O–H groups in total. The molecule has 0 unspecified atom stereocenters. The van der Waals surface area contributed by atoms with Gasteiger partial charge in [0.05, 0.1) is 13.4 Å². The Labute approximate surface area is 171 Å². The fourth-order valence-corrected chi connectivity index (χ4v) is 5.05. The van der Waals surface area contributed by atoms with Crippen molar-refractivity contribution >= 4 is 15.9 Å². The zero-order valence-corrected chi connectivity index (χ0v) is 17.6. The predicted molar refractivity (Wildman–Crippen MR) is 110 cm³/mol. The number of sulfonamides is 1. The topological polar surface area (TPSA) is 97.6 Å². The summed E-state index contributed by atoms with van der Waals surface area (Å²) in [6.45, 7) is 1.91. The van der Waals surface area contributed by atoms with E-state index in [1.807, 2.05) is 19.1 Å². The largest absolute Gasteiger partial charge is 0.495 e. The monoisotopic (exact) mass is 420 g/mol. The van der Waals surface area contributed by atoms with Crippen LogP contribution in [0.25, 0.3) is 0 Å². The average molecular weight is 421 g/mol. The van der Waals surface area contributed by atoms with E-state index in [-0.39, 0.29) is 34.2 Å². The summed E-state index contributed by atoms with van der Waals surface area (Å²) in [7, 11) is -2.36. The van der Waals surface area contributed by atoms with Gasteiger partial charge in [-0.15, -0.1) is 0 Å². The van der Waals surface area contributed by atoms with Crippen LogP contribution in [0.2, 0.25) is 0 Å². The summed E-state index contributed by atoms with van der Waals surface area (Å²) >= 11 is 0. The van der Waals surface area contributed by atoms with Crippen LogP contribution in [-0.4, -0.2) is 33.5 Å². The average Bonchev–Trinajstić information content (AvgIpc) is 3.39. The van der Waals surface area contributed by atoms with E-state index in [0.29, 0.717) is 12.8 Å². The molecule has 1 aromatic carbocycles. The van der Waals surface area contributed by atoms with Crippen molar-refractivity contribution in [2.45, 2.75) is 62.4 Å². The van der Waals surface area contributed by atoms with Gasteiger partial charge in [0.1, 0.15) is 16.4 Å². The fourth-order valence-electron chi connectivity index (χ4n) is 3.55. The first-order valence-corrected chi connectivity index (χ1v) is 11.4. The second-order valence-electron chi connectivity index (χ2n) is 7.46. The molecule has 1 amide bonds. The standard InChI is InChI=1S/C21H28N2O5S/c1-15(9-11-18-8-5-13-28-18)22-21(24)16-10-12-19(27-2)20(14-16)29(25,26)23-17-6-3-4-7-17/h5,8,10,12-15,17,23H,3-4,6-7,9,11H2,1-2H3,(H,22,24)/t15-/m0/s1. The van der Waals surface area contributed by atoms with Crippen LogP contribution >= 0.6 is 0 Å². The summed E-state index contributed by atoms with van der Waals surface area (Å²) in [4.78, 5) is 12.6. The molecule has 0 aliphatic heterocycles. The molecular formula is C21H28N2O5S. The fraction of sp³-hybridized carbons (Fsp3) is 0.476. The van der Waals surface area contributed by atoms with Gasteiger partial charge in [-0.25, -0.2) is 13.1 Å². The Morgan fingerprint density at radius 3 is 2.69 bits per heavy atom. The van der Waals surface area contributed by atoms with Gasteiger partial charge in [0, 0.05) is 24.1 Å². The number of methoxy groups -OCH3 is 1. The zero-order chi connectivity index (χ0) is 20.9. The van der Waals surface area contributed by atoms with Gasteiger partial charge in [0.15, 0.2) is 0 Å². The van der Waals surface area contributed by atoms with Crippen molar-refractivity contribution in [3.8, 4) is 5.75 Å². The molecule has 1 saturated carbocycles. The molecule has 2 aromatic rings. The lowest BCUT2D eigenvalue weighted by molar-refractivity contribution is 0.0938. The number of rotatable bonds is 9. The second kappa shape index (κ2) is 9.45. The zero-order valence-electron chi connectivity index (χ0n) is 16.8. The molecule has 1 heterocycles. The van der Waals surface area contributed by atoms with E-state index in [1.165, 1.54) is 19.2 Å². The van der Waals surface area contributed by atoms with Gasteiger partial charge in [0.25, 0.3) is 5.91 Å². The number of benzene rings is 1. The Balaban J connectivity index is 1.70. The number of amides is 1. The number of aryl methyl sites for hydroxylation is 1. The Kier molecular flexibility index (Phi) is 6.97. The minimum Gasteiger partial charge on any atom is -0.495 e. The first-order valence-electron chi connectivity index (χ1n) is 9.92. The van der Waals surface area contributed by atoms with Gasteiger partial charge in [-0.05, 0) is 56.5 Å². The number of furan rings is 1. The first kappa shape index (κ1) is 21.4. The van der Waals surface area contributed by atoms with Crippen molar-refractivity contribution in [2.24, 2.45) is 0 Å². The van der Waals surface area contributed by atoms with Crippen LogP contribution in [0.1, 0.15) is 55.1 Å². The highest BCUT2D eigenvalue weighted by atomic mass is 32.2. The van der Waals surface area contributed by atoms with Crippen LogP contribution in [0, 0.1) is 0 Å². The third kappa shape index (κ3) is 5.61. The number of carbonyl (C=O) groups excluding carboxylic acids is 1. The van der Waals surface area contributed by atoms with Crippen LogP contribution in [0.3, 0.4) is 0 Å². The van der Waals surface area contributed by atoms with Gasteiger partial charge in [-0.1, -0.05) is 12.8 Å². The number of nitrogens with one attached hydrogen (secondary N) is 2. The lowest BCUT2D eigenvalue weighted by atomic mass is 10.1. The molecule has 1 fully saturated rings. The third-order valence-electron chi connectivity index (χ3n) is 5.17. The van der Waals surface area contributed by atoms with Crippen LogP contribution in [0.4, 0.5) is 0 Å². The van der Waals surface area contributed by atoms with Crippen molar-refractivity contribution in [3.63, 3.8) is 0 Å². The number of carbonyl (C=O) groups is 1. The van der Waals surface area contributed by atoms with Crippen molar-refractivity contribution < 1.29 is 22.4 Å². The van der Waals surface area contributed by atoms with Gasteiger partial charge < -0.3 is 14.5 Å². The van der Waals surface area contributed by atoms with Crippen LogP contribution in [-0.2, 0) is 16.4 Å². The molecule has 7 nitrogen and oxygen atoms in total. The maximum atomic E-state index is 12.9. The molecule has 1 atom stereocenters. The summed E-state index contributed by atoms with van der Waals surface area (Å²) in [5.41, 5.74) is 0.280. The molecule has 29 heavy (non-hydrogen) atoms.